The van der Waals surface area contributed by atoms with E-state index >= 15 is 0 Å². The van der Waals surface area contributed by atoms with Gasteiger partial charge < -0.3 is 19.5 Å². The van der Waals surface area contributed by atoms with Gasteiger partial charge in [-0.05, 0) is 31.5 Å². The lowest BCUT2D eigenvalue weighted by atomic mass is 10.2. The zero-order valence-corrected chi connectivity index (χ0v) is 11.9. The first-order valence-electron chi connectivity index (χ1n) is 5.85. The summed E-state index contributed by atoms with van der Waals surface area (Å²) in [6, 6.07) is 7.04. The molecule has 102 valence electrons. The van der Waals surface area contributed by atoms with Crippen LogP contribution in [0.25, 0.3) is 0 Å². The molecular formula is C12H20NO4P. The monoisotopic (exact) mass is 273 g/mol. The number of methoxy groups -OCH3 is 1. The summed E-state index contributed by atoms with van der Waals surface area (Å²) in [5.74, 6) is -0.0723. The highest BCUT2D eigenvalue weighted by atomic mass is 31.2. The molecule has 1 aromatic carbocycles. The first kappa shape index (κ1) is 15.2. The van der Waals surface area contributed by atoms with Crippen molar-refractivity contribution in [3.05, 3.63) is 29.8 Å². The van der Waals surface area contributed by atoms with Crippen molar-refractivity contribution >= 4 is 7.60 Å². The molecule has 0 bridgehead atoms. The van der Waals surface area contributed by atoms with E-state index in [4.69, 9.17) is 19.5 Å². The molecule has 0 aliphatic carbocycles. The zero-order valence-electron chi connectivity index (χ0n) is 11.0. The molecule has 1 rings (SSSR count). The fourth-order valence-electron chi connectivity index (χ4n) is 1.54. The molecule has 0 spiro atoms. The minimum atomic E-state index is -3.32. The van der Waals surface area contributed by atoms with E-state index in [1.54, 1.807) is 45.2 Å². The van der Waals surface area contributed by atoms with Crippen molar-refractivity contribution in [1.82, 2.24) is 0 Å². The fraction of sp³-hybridized carbons (Fsp3) is 0.500. The van der Waals surface area contributed by atoms with E-state index in [-0.39, 0.29) is 0 Å². The number of nitrogens with two attached hydrogens (primary N) is 1. The molecule has 0 unspecified atom stereocenters. The molecule has 0 aromatic heterocycles. The molecule has 0 aliphatic rings. The Kier molecular flexibility index (Phi) is 5.82. The Balaban J connectivity index is 2.94. The molecule has 6 heteroatoms. The van der Waals surface area contributed by atoms with Crippen LogP contribution in [0.2, 0.25) is 0 Å². The van der Waals surface area contributed by atoms with Crippen LogP contribution in [0.4, 0.5) is 0 Å². The zero-order chi connectivity index (χ0) is 13.6. The SMILES string of the molecule is CCOP(=O)(OCC)[C@@H](N)c1ccc(OC)cc1. The Bertz CT molecular complexity index is 397. The van der Waals surface area contributed by atoms with E-state index in [1.807, 2.05) is 0 Å². The van der Waals surface area contributed by atoms with E-state index in [0.717, 1.165) is 0 Å². The van der Waals surface area contributed by atoms with Crippen molar-refractivity contribution in [2.24, 2.45) is 5.73 Å². The van der Waals surface area contributed by atoms with Gasteiger partial charge in [0.1, 0.15) is 11.5 Å². The Labute approximate surface area is 108 Å². The lowest BCUT2D eigenvalue weighted by molar-refractivity contribution is 0.212. The molecule has 1 aromatic rings. The summed E-state index contributed by atoms with van der Waals surface area (Å²) in [7, 11) is -1.74. The van der Waals surface area contributed by atoms with E-state index < -0.39 is 13.4 Å². The lowest BCUT2D eigenvalue weighted by Gasteiger charge is -2.23. The van der Waals surface area contributed by atoms with E-state index in [1.165, 1.54) is 0 Å². The van der Waals surface area contributed by atoms with Crippen molar-refractivity contribution in [2.45, 2.75) is 19.6 Å². The maximum absolute atomic E-state index is 12.5. The van der Waals surface area contributed by atoms with Crippen molar-refractivity contribution < 1.29 is 18.3 Å². The van der Waals surface area contributed by atoms with Gasteiger partial charge in [-0.25, -0.2) is 0 Å². The van der Waals surface area contributed by atoms with E-state index in [0.29, 0.717) is 24.5 Å². The second kappa shape index (κ2) is 6.90. The molecule has 0 aliphatic heterocycles. The minimum absolute atomic E-state index is 0.293. The second-order valence-corrected chi connectivity index (χ2v) is 5.75. The van der Waals surface area contributed by atoms with Crippen molar-refractivity contribution in [1.29, 1.82) is 0 Å². The molecule has 0 radical (unpaired) electrons. The Morgan fingerprint density at radius 3 is 2.06 bits per heavy atom. The minimum Gasteiger partial charge on any atom is -0.497 e. The molecule has 0 saturated carbocycles. The second-order valence-electron chi connectivity index (χ2n) is 3.59. The first-order chi connectivity index (χ1) is 8.57. The number of benzene rings is 1. The van der Waals surface area contributed by atoms with Gasteiger partial charge in [0.2, 0.25) is 0 Å². The van der Waals surface area contributed by atoms with Crippen LogP contribution in [-0.4, -0.2) is 20.3 Å². The average molecular weight is 273 g/mol. The molecule has 0 fully saturated rings. The molecule has 18 heavy (non-hydrogen) atoms. The molecule has 1 atom stereocenters. The van der Waals surface area contributed by atoms with E-state index in [9.17, 15) is 4.57 Å². The summed E-state index contributed by atoms with van der Waals surface area (Å²) in [4.78, 5) is 0. The van der Waals surface area contributed by atoms with Gasteiger partial charge in [-0.1, -0.05) is 12.1 Å². The maximum Gasteiger partial charge on any atom is 0.351 e. The van der Waals surface area contributed by atoms with Gasteiger partial charge in [-0.15, -0.1) is 0 Å². The normalized spacial score (nSPS) is 13.3. The molecule has 2 N–H and O–H groups in total. The largest absolute Gasteiger partial charge is 0.497 e. The Hall–Kier alpha value is -0.870. The van der Waals surface area contributed by atoms with Gasteiger partial charge in [0.25, 0.3) is 0 Å². The van der Waals surface area contributed by atoms with Crippen molar-refractivity contribution in [3.63, 3.8) is 0 Å². The summed E-state index contributed by atoms with van der Waals surface area (Å²) < 4.78 is 28.0. The van der Waals surface area contributed by atoms with Gasteiger partial charge in [0.15, 0.2) is 0 Å². The number of ether oxygens (including phenoxy) is 1. The summed E-state index contributed by atoms with van der Waals surface area (Å²) in [5.41, 5.74) is 6.68. The van der Waals surface area contributed by atoms with Gasteiger partial charge >= 0.3 is 7.60 Å². The third kappa shape index (κ3) is 3.56. The molecule has 0 saturated heterocycles. The van der Waals surface area contributed by atoms with E-state index in [2.05, 4.69) is 0 Å². The third-order valence-corrected chi connectivity index (χ3v) is 4.63. The first-order valence-corrected chi connectivity index (χ1v) is 7.47. The van der Waals surface area contributed by atoms with Crippen molar-refractivity contribution in [3.8, 4) is 5.75 Å². The number of rotatable bonds is 7. The number of hydrogen-bond donors (Lipinski definition) is 1. The van der Waals surface area contributed by atoms with Gasteiger partial charge in [0, 0.05) is 0 Å². The predicted octanol–water partition coefficient (Wildman–Crippen LogP) is 2.92. The molecule has 5 nitrogen and oxygen atoms in total. The highest BCUT2D eigenvalue weighted by molar-refractivity contribution is 7.54. The fourth-order valence-corrected chi connectivity index (χ4v) is 3.19. The molecule has 0 heterocycles. The summed E-state index contributed by atoms with van der Waals surface area (Å²) in [5, 5.41) is 0. The highest BCUT2D eigenvalue weighted by Crippen LogP contribution is 2.58. The van der Waals surface area contributed by atoms with Gasteiger partial charge in [-0.2, -0.15) is 0 Å². The predicted molar refractivity (Wildman–Crippen MR) is 70.8 cm³/mol. The van der Waals surface area contributed by atoms with Crippen LogP contribution in [0.1, 0.15) is 25.2 Å². The molecular weight excluding hydrogens is 253 g/mol. The summed E-state index contributed by atoms with van der Waals surface area (Å²) in [6.45, 7) is 4.10. The van der Waals surface area contributed by atoms with Crippen LogP contribution in [0.3, 0.4) is 0 Å². The van der Waals surface area contributed by atoms with Crippen LogP contribution >= 0.6 is 7.60 Å². The van der Waals surface area contributed by atoms with Gasteiger partial charge in [0.05, 0.1) is 20.3 Å². The quantitative estimate of drug-likeness (QED) is 0.773. The summed E-state index contributed by atoms with van der Waals surface area (Å²) >= 11 is 0. The number of hydrogen-bond acceptors (Lipinski definition) is 5. The lowest BCUT2D eigenvalue weighted by Crippen LogP contribution is -2.14. The smallest absolute Gasteiger partial charge is 0.351 e. The maximum atomic E-state index is 12.5. The van der Waals surface area contributed by atoms with Crippen LogP contribution < -0.4 is 10.5 Å². The van der Waals surface area contributed by atoms with Crippen molar-refractivity contribution in [2.75, 3.05) is 20.3 Å². The Morgan fingerprint density at radius 1 is 1.17 bits per heavy atom. The molecule has 0 amide bonds. The van der Waals surface area contributed by atoms with Crippen LogP contribution in [0, 0.1) is 0 Å². The Morgan fingerprint density at radius 2 is 1.67 bits per heavy atom. The summed E-state index contributed by atoms with van der Waals surface area (Å²) in [6.07, 6.45) is 0. The standard InChI is InChI=1S/C12H20NO4P/c1-4-16-18(14,17-5-2)12(13)10-6-8-11(15-3)9-7-10/h6-9,12H,4-5,13H2,1-3H3/t12-/m1/s1. The van der Waals surface area contributed by atoms with Crippen LogP contribution in [0.5, 0.6) is 5.75 Å². The van der Waals surface area contributed by atoms with Crippen LogP contribution in [-0.2, 0) is 13.6 Å². The highest BCUT2D eigenvalue weighted by Gasteiger charge is 2.33. The topological polar surface area (TPSA) is 70.8 Å². The third-order valence-electron chi connectivity index (χ3n) is 2.42. The van der Waals surface area contributed by atoms with Gasteiger partial charge in [-0.3, -0.25) is 4.57 Å². The average Bonchev–Trinajstić information content (AvgIpc) is 2.38. The van der Waals surface area contributed by atoms with Crippen LogP contribution in [0.15, 0.2) is 24.3 Å².